The zero-order valence-corrected chi connectivity index (χ0v) is 14.9. The standard InChI is InChI=1S/C17H18IN3O2/c18-14-6-3-5-13(10-14)17(23)19-8-9-21-16(22)11-12-4-1-2-7-15(12)20-21/h3,5-6,10-11H,1-2,4,7-9H2,(H,19,23). The highest BCUT2D eigenvalue weighted by atomic mass is 127. The van der Waals surface area contributed by atoms with Crippen LogP contribution in [0.2, 0.25) is 0 Å². The van der Waals surface area contributed by atoms with Crippen molar-refractivity contribution in [2.24, 2.45) is 0 Å². The van der Waals surface area contributed by atoms with Gasteiger partial charge in [0, 0.05) is 21.7 Å². The predicted molar refractivity (Wildman–Crippen MR) is 96.6 cm³/mol. The van der Waals surface area contributed by atoms with Crippen molar-refractivity contribution < 1.29 is 4.79 Å². The Labute approximate surface area is 148 Å². The van der Waals surface area contributed by atoms with Gasteiger partial charge >= 0.3 is 0 Å². The molecule has 1 N–H and O–H groups in total. The highest BCUT2D eigenvalue weighted by Gasteiger charge is 2.13. The highest BCUT2D eigenvalue weighted by Crippen LogP contribution is 2.16. The number of carbonyl (C=O) groups is 1. The van der Waals surface area contributed by atoms with E-state index in [4.69, 9.17) is 0 Å². The second kappa shape index (κ2) is 7.25. The SMILES string of the molecule is O=C(NCCn1nc2c(cc1=O)CCCC2)c1cccc(I)c1. The van der Waals surface area contributed by atoms with Crippen LogP contribution in [0.5, 0.6) is 0 Å². The van der Waals surface area contributed by atoms with Crippen molar-refractivity contribution in [1.82, 2.24) is 15.1 Å². The Hall–Kier alpha value is -1.70. The lowest BCUT2D eigenvalue weighted by Crippen LogP contribution is -2.33. The largest absolute Gasteiger partial charge is 0.350 e. The van der Waals surface area contributed by atoms with E-state index in [0.29, 0.717) is 18.7 Å². The molecule has 0 saturated heterocycles. The summed E-state index contributed by atoms with van der Waals surface area (Å²) in [6.45, 7) is 0.776. The Kier molecular flexibility index (Phi) is 5.09. The number of amides is 1. The van der Waals surface area contributed by atoms with E-state index in [1.54, 1.807) is 12.1 Å². The second-order valence-electron chi connectivity index (χ2n) is 5.65. The van der Waals surface area contributed by atoms with Crippen LogP contribution < -0.4 is 10.9 Å². The molecule has 0 radical (unpaired) electrons. The summed E-state index contributed by atoms with van der Waals surface area (Å²) in [5, 5.41) is 7.29. The average molecular weight is 423 g/mol. The molecule has 0 fully saturated rings. The first kappa shape index (κ1) is 16.2. The second-order valence-corrected chi connectivity index (χ2v) is 6.90. The van der Waals surface area contributed by atoms with E-state index < -0.39 is 0 Å². The summed E-state index contributed by atoms with van der Waals surface area (Å²) in [6.07, 6.45) is 4.14. The normalized spacial score (nSPS) is 13.4. The van der Waals surface area contributed by atoms with Gasteiger partial charge in [-0.05, 0) is 72.0 Å². The lowest BCUT2D eigenvalue weighted by Gasteiger charge is -2.16. The summed E-state index contributed by atoms with van der Waals surface area (Å²) in [5.74, 6) is -0.130. The maximum absolute atomic E-state index is 12.1. The number of aryl methyl sites for hydroxylation is 2. The van der Waals surface area contributed by atoms with Crippen LogP contribution >= 0.6 is 22.6 Å². The summed E-state index contributed by atoms with van der Waals surface area (Å²) in [4.78, 5) is 24.2. The molecule has 120 valence electrons. The molecular weight excluding hydrogens is 405 g/mol. The number of benzene rings is 1. The zero-order valence-electron chi connectivity index (χ0n) is 12.7. The Bertz CT molecular complexity index is 786. The third kappa shape index (κ3) is 3.99. The maximum atomic E-state index is 12.1. The number of aromatic nitrogens is 2. The number of hydrogen-bond acceptors (Lipinski definition) is 3. The van der Waals surface area contributed by atoms with Crippen molar-refractivity contribution in [3.8, 4) is 0 Å². The first-order chi connectivity index (χ1) is 11.1. The van der Waals surface area contributed by atoms with Gasteiger partial charge in [0.25, 0.3) is 11.5 Å². The molecule has 0 saturated carbocycles. The Balaban J connectivity index is 1.62. The van der Waals surface area contributed by atoms with E-state index in [1.807, 2.05) is 18.2 Å². The van der Waals surface area contributed by atoms with Crippen molar-refractivity contribution in [1.29, 1.82) is 0 Å². The van der Waals surface area contributed by atoms with E-state index in [9.17, 15) is 9.59 Å². The fourth-order valence-corrected chi connectivity index (χ4v) is 3.31. The van der Waals surface area contributed by atoms with E-state index in [2.05, 4.69) is 33.0 Å². The first-order valence-electron chi connectivity index (χ1n) is 7.77. The van der Waals surface area contributed by atoms with Gasteiger partial charge in [0.15, 0.2) is 0 Å². The van der Waals surface area contributed by atoms with E-state index in [-0.39, 0.29) is 11.5 Å². The number of halogens is 1. The Morgan fingerprint density at radius 2 is 2.09 bits per heavy atom. The monoisotopic (exact) mass is 423 g/mol. The van der Waals surface area contributed by atoms with Gasteiger partial charge in [-0.2, -0.15) is 5.10 Å². The summed E-state index contributed by atoms with van der Waals surface area (Å²) in [7, 11) is 0. The van der Waals surface area contributed by atoms with E-state index in [1.165, 1.54) is 4.68 Å². The van der Waals surface area contributed by atoms with Gasteiger partial charge in [-0.25, -0.2) is 4.68 Å². The molecule has 1 aromatic heterocycles. The fourth-order valence-electron chi connectivity index (χ4n) is 2.77. The molecule has 2 aromatic rings. The molecule has 6 heteroatoms. The minimum Gasteiger partial charge on any atom is -0.350 e. The van der Waals surface area contributed by atoms with Gasteiger partial charge in [-0.15, -0.1) is 0 Å². The molecule has 1 heterocycles. The highest BCUT2D eigenvalue weighted by molar-refractivity contribution is 14.1. The molecule has 0 bridgehead atoms. The summed E-state index contributed by atoms with van der Waals surface area (Å²) < 4.78 is 2.47. The van der Waals surface area contributed by atoms with Crippen LogP contribution in [-0.2, 0) is 19.4 Å². The van der Waals surface area contributed by atoms with Crippen molar-refractivity contribution in [2.45, 2.75) is 32.2 Å². The van der Waals surface area contributed by atoms with Crippen molar-refractivity contribution in [3.05, 3.63) is 61.1 Å². The average Bonchev–Trinajstić information content (AvgIpc) is 2.55. The topological polar surface area (TPSA) is 64.0 Å². The molecule has 0 aliphatic heterocycles. The van der Waals surface area contributed by atoms with Crippen LogP contribution in [0.25, 0.3) is 0 Å². The van der Waals surface area contributed by atoms with Crippen LogP contribution in [0.15, 0.2) is 35.1 Å². The number of carbonyl (C=O) groups excluding carboxylic acids is 1. The van der Waals surface area contributed by atoms with Crippen LogP contribution in [0.1, 0.15) is 34.5 Å². The quantitative estimate of drug-likeness (QED) is 0.767. The first-order valence-corrected chi connectivity index (χ1v) is 8.85. The number of nitrogens with zero attached hydrogens (tertiary/aromatic N) is 2. The van der Waals surface area contributed by atoms with Gasteiger partial charge in [-0.3, -0.25) is 9.59 Å². The summed E-state index contributed by atoms with van der Waals surface area (Å²) >= 11 is 2.17. The Morgan fingerprint density at radius 3 is 2.91 bits per heavy atom. The van der Waals surface area contributed by atoms with Crippen molar-refractivity contribution >= 4 is 28.5 Å². The zero-order chi connectivity index (χ0) is 16.2. The lowest BCUT2D eigenvalue weighted by atomic mass is 9.97. The molecule has 1 aliphatic rings. The molecule has 3 rings (SSSR count). The minimum absolute atomic E-state index is 0.0887. The van der Waals surface area contributed by atoms with E-state index in [0.717, 1.165) is 40.5 Å². The van der Waals surface area contributed by atoms with Crippen LogP contribution in [0, 0.1) is 3.57 Å². The van der Waals surface area contributed by atoms with Gasteiger partial charge in [-0.1, -0.05) is 6.07 Å². The van der Waals surface area contributed by atoms with Crippen molar-refractivity contribution in [2.75, 3.05) is 6.54 Å². The van der Waals surface area contributed by atoms with Crippen molar-refractivity contribution in [3.63, 3.8) is 0 Å². The number of rotatable bonds is 4. The molecule has 23 heavy (non-hydrogen) atoms. The fraction of sp³-hybridized carbons (Fsp3) is 0.353. The number of fused-ring (bicyclic) bond motifs is 1. The lowest BCUT2D eigenvalue weighted by molar-refractivity contribution is 0.0951. The van der Waals surface area contributed by atoms with Crippen LogP contribution in [0.4, 0.5) is 0 Å². The minimum atomic E-state index is -0.130. The molecule has 0 unspecified atom stereocenters. The molecule has 1 amide bonds. The van der Waals surface area contributed by atoms with Gasteiger partial charge in [0.1, 0.15) is 0 Å². The molecular formula is C17H18IN3O2. The van der Waals surface area contributed by atoms with Crippen LogP contribution in [0.3, 0.4) is 0 Å². The van der Waals surface area contributed by atoms with E-state index >= 15 is 0 Å². The van der Waals surface area contributed by atoms with Crippen LogP contribution in [-0.4, -0.2) is 22.2 Å². The number of nitrogens with one attached hydrogen (secondary N) is 1. The van der Waals surface area contributed by atoms with Gasteiger partial charge < -0.3 is 5.32 Å². The van der Waals surface area contributed by atoms with Gasteiger partial charge in [0.2, 0.25) is 0 Å². The molecule has 1 aromatic carbocycles. The Morgan fingerprint density at radius 1 is 1.26 bits per heavy atom. The summed E-state index contributed by atoms with van der Waals surface area (Å²) in [5.41, 5.74) is 2.65. The molecule has 5 nitrogen and oxygen atoms in total. The molecule has 0 atom stereocenters. The summed E-state index contributed by atoms with van der Waals surface area (Å²) in [6, 6.07) is 9.10. The predicted octanol–water partition coefficient (Wildman–Crippen LogP) is 2.16. The molecule has 1 aliphatic carbocycles. The molecule has 0 spiro atoms. The smallest absolute Gasteiger partial charge is 0.267 e. The maximum Gasteiger partial charge on any atom is 0.267 e. The number of hydrogen-bond donors (Lipinski definition) is 1. The third-order valence-corrected chi connectivity index (χ3v) is 4.64. The third-order valence-electron chi connectivity index (χ3n) is 3.97. The van der Waals surface area contributed by atoms with Gasteiger partial charge in [0.05, 0.1) is 12.2 Å².